The fourth-order valence-electron chi connectivity index (χ4n) is 8.95. The molecule has 0 N–H and O–H groups in total. The van der Waals surface area contributed by atoms with Crippen molar-refractivity contribution < 1.29 is 38.9 Å². The average Bonchev–Trinajstić information content (AvgIpc) is 2.78. The minimum absolute atomic E-state index is 0.180. The van der Waals surface area contributed by atoms with Crippen LogP contribution >= 0.6 is 0 Å². The van der Waals surface area contributed by atoms with Gasteiger partial charge >= 0.3 is 15.6 Å². The Morgan fingerprint density at radius 2 is 1.29 bits per heavy atom. The normalized spacial score (nSPS) is 48.7. The summed E-state index contributed by atoms with van der Waals surface area (Å²) in [5, 5.41) is 0. The lowest BCUT2D eigenvalue weighted by Crippen LogP contribution is -2.73. The van der Waals surface area contributed by atoms with Crippen LogP contribution in [0.25, 0.3) is 0 Å². The minimum atomic E-state index is -6.18. The molecule has 0 radical (unpaired) electrons. The molecule has 0 aromatic heterocycles. The maximum atomic E-state index is 15.9. The summed E-state index contributed by atoms with van der Waals surface area (Å²) in [5.74, 6) is -2.60. The smallest absolute Gasteiger partial charge is 0.253 e. The first-order valence-corrected chi connectivity index (χ1v) is 14.1. The molecular weight excluding hydrogens is 482 g/mol. The molecule has 196 valence electrons. The predicted molar refractivity (Wildman–Crippen MR) is 113 cm³/mol. The van der Waals surface area contributed by atoms with Crippen molar-refractivity contribution in [3.8, 4) is 0 Å². The van der Waals surface area contributed by atoms with Gasteiger partial charge in [-0.1, -0.05) is 19.8 Å². The van der Waals surface area contributed by atoms with E-state index in [1.165, 1.54) is 25.7 Å². The van der Waals surface area contributed by atoms with E-state index in [-0.39, 0.29) is 18.3 Å². The van der Waals surface area contributed by atoms with Crippen LogP contribution < -0.4 is 0 Å². The van der Waals surface area contributed by atoms with Crippen LogP contribution in [0.3, 0.4) is 0 Å². The van der Waals surface area contributed by atoms with E-state index in [9.17, 15) is 21.6 Å². The lowest BCUT2D eigenvalue weighted by atomic mass is 9.37. The largest absolute Gasteiger partial charge is 0.523 e. The first kappa shape index (κ1) is 25.2. The van der Waals surface area contributed by atoms with Crippen molar-refractivity contribution in [3.63, 3.8) is 0 Å². The van der Waals surface area contributed by atoms with Crippen LogP contribution in [0.2, 0.25) is 0 Å². The Bertz CT molecular complexity index is 889. The van der Waals surface area contributed by atoms with Gasteiger partial charge in [-0.3, -0.25) is 4.18 Å². The molecule has 1 atom stereocenters. The fraction of sp³-hybridized carbons (Fsp3) is 1.00. The third kappa shape index (κ3) is 3.21. The van der Waals surface area contributed by atoms with Crippen LogP contribution in [0, 0.1) is 28.1 Å². The minimum Gasteiger partial charge on any atom is -0.253 e. The van der Waals surface area contributed by atoms with Crippen molar-refractivity contribution in [2.75, 3.05) is 0 Å². The van der Waals surface area contributed by atoms with Gasteiger partial charge in [0.2, 0.25) is 0 Å². The predicted octanol–water partition coefficient (Wildman–Crippen LogP) is 7.31. The second-order valence-corrected chi connectivity index (χ2v) is 13.8. The Morgan fingerprint density at radius 1 is 0.794 bits per heavy atom. The summed E-state index contributed by atoms with van der Waals surface area (Å²) in [6.45, 7) is 2.27. The monoisotopic (exact) mass is 516 g/mol. The Morgan fingerprint density at radius 3 is 1.76 bits per heavy atom. The standard InChI is InChI=1S/C24H34F6O3S/c1-16-2-4-17(5-3-16)19-6-9-20(10-7-19,11-8-19)22-14-12-21(13-15-22,18(25)23(22,26)27)33-34(31,32)24(28,29)30/h16-18H,2-15H2,1H3. The molecule has 0 spiro atoms. The van der Waals surface area contributed by atoms with E-state index in [4.69, 9.17) is 0 Å². The lowest BCUT2D eigenvalue weighted by molar-refractivity contribution is -0.330. The van der Waals surface area contributed by atoms with Crippen molar-refractivity contribution in [2.45, 2.75) is 120 Å². The maximum absolute atomic E-state index is 15.9. The van der Waals surface area contributed by atoms with Gasteiger partial charge in [-0.2, -0.15) is 21.6 Å². The summed E-state index contributed by atoms with van der Waals surface area (Å²) >= 11 is 0. The van der Waals surface area contributed by atoms with Gasteiger partial charge in [0.1, 0.15) is 5.60 Å². The van der Waals surface area contributed by atoms with Crippen LogP contribution in [0.4, 0.5) is 26.3 Å². The molecule has 0 aromatic rings. The van der Waals surface area contributed by atoms with Gasteiger partial charge in [0.25, 0.3) is 5.92 Å². The van der Waals surface area contributed by atoms with Gasteiger partial charge in [-0.15, -0.1) is 0 Å². The van der Waals surface area contributed by atoms with Crippen LogP contribution in [-0.2, 0) is 14.3 Å². The number of alkyl halides is 6. The molecule has 7 rings (SSSR count). The first-order valence-electron chi connectivity index (χ1n) is 12.7. The van der Waals surface area contributed by atoms with Gasteiger partial charge in [0.15, 0.2) is 6.17 Å². The van der Waals surface area contributed by atoms with Crippen molar-refractivity contribution in [2.24, 2.45) is 28.1 Å². The van der Waals surface area contributed by atoms with Crippen LogP contribution in [0.1, 0.15) is 96.8 Å². The molecule has 0 saturated heterocycles. The fourth-order valence-corrected chi connectivity index (χ4v) is 9.73. The van der Waals surface area contributed by atoms with E-state index in [0.29, 0.717) is 25.2 Å². The quantitative estimate of drug-likeness (QED) is 0.224. The third-order valence-electron chi connectivity index (χ3n) is 11.1. The lowest BCUT2D eigenvalue weighted by Gasteiger charge is -2.69. The second kappa shape index (κ2) is 7.51. The molecule has 7 fully saturated rings. The van der Waals surface area contributed by atoms with E-state index in [1.54, 1.807) is 0 Å². The Kier molecular flexibility index (Phi) is 5.56. The third-order valence-corrected chi connectivity index (χ3v) is 12.2. The van der Waals surface area contributed by atoms with E-state index < -0.39 is 57.0 Å². The summed E-state index contributed by atoms with van der Waals surface area (Å²) in [4.78, 5) is 0. The molecule has 1 unspecified atom stereocenters. The zero-order valence-corrected chi connectivity index (χ0v) is 20.3. The molecule has 3 nitrogen and oxygen atoms in total. The van der Waals surface area contributed by atoms with Gasteiger partial charge in [0.05, 0.1) is 0 Å². The Labute approximate surface area is 197 Å². The van der Waals surface area contributed by atoms with Crippen LogP contribution in [0.15, 0.2) is 0 Å². The molecule has 0 aromatic carbocycles. The molecule has 0 heterocycles. The Hall–Kier alpha value is -0.510. The molecule has 7 saturated carbocycles. The zero-order valence-electron chi connectivity index (χ0n) is 19.5. The van der Waals surface area contributed by atoms with Gasteiger partial charge in [0, 0.05) is 5.41 Å². The van der Waals surface area contributed by atoms with Crippen molar-refractivity contribution >= 4 is 10.1 Å². The highest BCUT2D eigenvalue weighted by molar-refractivity contribution is 7.87. The van der Waals surface area contributed by atoms with Gasteiger partial charge in [-0.25, -0.2) is 13.2 Å². The molecule has 7 aliphatic carbocycles. The van der Waals surface area contributed by atoms with E-state index in [0.717, 1.165) is 25.2 Å². The molecular formula is C24H34F6O3S. The second-order valence-electron chi connectivity index (χ2n) is 12.2. The molecule has 0 aliphatic heterocycles. The van der Waals surface area contributed by atoms with E-state index in [2.05, 4.69) is 11.1 Å². The molecule has 4 bridgehead atoms. The van der Waals surface area contributed by atoms with Gasteiger partial charge in [-0.05, 0) is 99.7 Å². The highest BCUT2D eigenvalue weighted by Gasteiger charge is 2.79. The highest BCUT2D eigenvalue weighted by atomic mass is 32.2. The highest BCUT2D eigenvalue weighted by Crippen LogP contribution is 2.76. The maximum Gasteiger partial charge on any atom is 0.523 e. The van der Waals surface area contributed by atoms with Gasteiger partial charge < -0.3 is 0 Å². The molecule has 0 amide bonds. The van der Waals surface area contributed by atoms with Crippen molar-refractivity contribution in [1.29, 1.82) is 0 Å². The zero-order chi connectivity index (χ0) is 24.8. The number of hydrogen-bond donors (Lipinski definition) is 0. The van der Waals surface area contributed by atoms with E-state index in [1.807, 2.05) is 0 Å². The summed E-state index contributed by atoms with van der Waals surface area (Å²) in [6.07, 6.45) is 4.72. The number of fused-ring (bicyclic) bond motifs is 6. The average molecular weight is 517 g/mol. The summed E-state index contributed by atoms with van der Waals surface area (Å²) < 4.78 is 113. The first-order chi connectivity index (χ1) is 15.6. The number of halogens is 6. The molecule has 7 aliphatic rings. The van der Waals surface area contributed by atoms with Crippen molar-refractivity contribution in [1.82, 2.24) is 0 Å². The Balaban J connectivity index is 1.39. The summed E-state index contributed by atoms with van der Waals surface area (Å²) in [6, 6.07) is 0. The summed E-state index contributed by atoms with van der Waals surface area (Å²) in [7, 11) is -6.18. The van der Waals surface area contributed by atoms with Crippen LogP contribution in [0.5, 0.6) is 0 Å². The van der Waals surface area contributed by atoms with Crippen molar-refractivity contribution in [3.05, 3.63) is 0 Å². The molecule has 10 heteroatoms. The SMILES string of the molecule is CC1CCC(C23CCC(C45CCC(OS(=O)(=O)C(F)(F)F)(CC4)C(F)C5(F)F)(CC2)CC3)CC1. The molecule has 34 heavy (non-hydrogen) atoms. The van der Waals surface area contributed by atoms with E-state index >= 15 is 13.2 Å². The summed E-state index contributed by atoms with van der Waals surface area (Å²) in [5.41, 5.74) is -10.7. The number of rotatable bonds is 4. The topological polar surface area (TPSA) is 43.4 Å². The number of hydrogen-bond acceptors (Lipinski definition) is 3. The van der Waals surface area contributed by atoms with Crippen LogP contribution in [-0.4, -0.2) is 31.6 Å².